The molecule has 19 heavy (non-hydrogen) atoms. The van der Waals surface area contributed by atoms with Crippen LogP contribution in [0, 0.1) is 5.92 Å². The highest BCUT2D eigenvalue weighted by Gasteiger charge is 2.32. The molecular weight excluding hydrogens is 294 g/mol. The fraction of sp³-hybridized carbons (Fsp3) is 0.600. The smallest absolute Gasteiger partial charge is 0.324 e. The minimum Gasteiger partial charge on any atom is -0.468 e. The van der Waals surface area contributed by atoms with E-state index < -0.39 is 22.0 Å². The number of methoxy groups -OCH3 is 1. The molecule has 7 nitrogen and oxygen atoms in total. The molecule has 9 heteroatoms. The molecule has 1 aromatic rings. The predicted octanol–water partition coefficient (Wildman–Crippen LogP) is 0.549. The number of halogens is 1. The van der Waals surface area contributed by atoms with E-state index >= 15 is 0 Å². The highest BCUT2D eigenvalue weighted by molar-refractivity contribution is 7.89. The lowest BCUT2D eigenvalue weighted by Gasteiger charge is -2.19. The Morgan fingerprint density at radius 2 is 2.11 bits per heavy atom. The van der Waals surface area contributed by atoms with E-state index in [9.17, 15) is 13.2 Å². The Bertz CT molecular complexity index is 548. The van der Waals surface area contributed by atoms with Crippen molar-refractivity contribution in [3.8, 4) is 0 Å². The number of nitrogens with one attached hydrogen (secondary N) is 1. The van der Waals surface area contributed by atoms with Crippen LogP contribution in [0.25, 0.3) is 0 Å². The van der Waals surface area contributed by atoms with Gasteiger partial charge in [-0.3, -0.25) is 9.48 Å². The summed E-state index contributed by atoms with van der Waals surface area (Å²) in [7, 11) is -1.32. The molecule has 108 valence electrons. The standard InChI is InChI=1S/C10H16ClN3O4S/c1-6(2)8(10(15)18-4)13-19(16,17)9-7(11)5-12-14(9)3/h5-6,8,13H,1-4H3. The molecule has 0 amide bonds. The number of ether oxygens (including phenoxy) is 1. The van der Waals surface area contributed by atoms with E-state index in [0.717, 1.165) is 4.68 Å². The van der Waals surface area contributed by atoms with Crippen molar-refractivity contribution in [2.24, 2.45) is 13.0 Å². The van der Waals surface area contributed by atoms with Crippen LogP contribution >= 0.6 is 11.6 Å². The van der Waals surface area contributed by atoms with Crippen LogP contribution in [-0.2, 0) is 26.6 Å². The van der Waals surface area contributed by atoms with Crippen molar-refractivity contribution in [1.29, 1.82) is 0 Å². The Hall–Kier alpha value is -1.12. The van der Waals surface area contributed by atoms with Crippen LogP contribution in [0.1, 0.15) is 13.8 Å². The van der Waals surface area contributed by atoms with Crippen molar-refractivity contribution < 1.29 is 17.9 Å². The summed E-state index contributed by atoms with van der Waals surface area (Å²) in [4.78, 5) is 11.6. The SMILES string of the molecule is COC(=O)C(NS(=O)(=O)c1c(Cl)cnn1C)C(C)C. The Labute approximate surface area is 116 Å². The van der Waals surface area contributed by atoms with Crippen LogP contribution in [0.4, 0.5) is 0 Å². The van der Waals surface area contributed by atoms with Crippen molar-refractivity contribution in [3.05, 3.63) is 11.2 Å². The number of rotatable bonds is 5. The van der Waals surface area contributed by atoms with Gasteiger partial charge in [0.15, 0.2) is 5.03 Å². The lowest BCUT2D eigenvalue weighted by molar-refractivity contribution is -0.143. The summed E-state index contributed by atoms with van der Waals surface area (Å²) in [6.07, 6.45) is 1.22. The molecule has 0 fully saturated rings. The van der Waals surface area contributed by atoms with Gasteiger partial charge in [0.05, 0.1) is 18.3 Å². The molecule has 0 aromatic carbocycles. The van der Waals surface area contributed by atoms with Crippen molar-refractivity contribution in [3.63, 3.8) is 0 Å². The van der Waals surface area contributed by atoms with Crippen molar-refractivity contribution in [1.82, 2.24) is 14.5 Å². The summed E-state index contributed by atoms with van der Waals surface area (Å²) in [5.74, 6) is -0.925. The number of hydrogen-bond acceptors (Lipinski definition) is 5. The number of aromatic nitrogens is 2. The largest absolute Gasteiger partial charge is 0.468 e. The Morgan fingerprint density at radius 1 is 1.53 bits per heavy atom. The molecule has 0 radical (unpaired) electrons. The van der Waals surface area contributed by atoms with Crippen LogP contribution in [0.5, 0.6) is 0 Å². The zero-order chi connectivity index (χ0) is 14.8. The van der Waals surface area contributed by atoms with Crippen molar-refractivity contribution in [2.45, 2.75) is 24.9 Å². The van der Waals surface area contributed by atoms with E-state index in [1.54, 1.807) is 13.8 Å². The maximum absolute atomic E-state index is 12.2. The van der Waals surface area contributed by atoms with Crippen LogP contribution in [0.15, 0.2) is 11.2 Å². The van der Waals surface area contributed by atoms with Gasteiger partial charge in [0.25, 0.3) is 10.0 Å². The lowest BCUT2D eigenvalue weighted by Crippen LogP contribution is -2.45. The molecule has 0 saturated heterocycles. The third-order valence-electron chi connectivity index (χ3n) is 2.50. The molecule has 1 N–H and O–H groups in total. The summed E-state index contributed by atoms with van der Waals surface area (Å²) in [5, 5.41) is 3.55. The van der Waals surface area contributed by atoms with Gasteiger partial charge < -0.3 is 4.74 Å². The molecule has 0 aliphatic heterocycles. The first-order valence-electron chi connectivity index (χ1n) is 5.48. The zero-order valence-corrected chi connectivity index (χ0v) is 12.6. The molecule has 0 aliphatic rings. The van der Waals surface area contributed by atoms with Gasteiger partial charge in [-0.25, -0.2) is 8.42 Å². The van der Waals surface area contributed by atoms with Gasteiger partial charge in [-0.15, -0.1) is 0 Å². The van der Waals surface area contributed by atoms with E-state index in [1.807, 2.05) is 0 Å². The molecule has 0 saturated carbocycles. The molecule has 0 bridgehead atoms. The quantitative estimate of drug-likeness (QED) is 0.802. The average molecular weight is 310 g/mol. The highest BCUT2D eigenvalue weighted by atomic mass is 35.5. The molecule has 0 aliphatic carbocycles. The number of aryl methyl sites for hydroxylation is 1. The normalized spacial score (nSPS) is 13.6. The lowest BCUT2D eigenvalue weighted by atomic mass is 10.1. The highest BCUT2D eigenvalue weighted by Crippen LogP contribution is 2.20. The summed E-state index contributed by atoms with van der Waals surface area (Å²) in [5.41, 5.74) is 0. The third kappa shape index (κ3) is 3.46. The van der Waals surface area contributed by atoms with E-state index in [-0.39, 0.29) is 16.0 Å². The van der Waals surface area contributed by atoms with Crippen molar-refractivity contribution >= 4 is 27.6 Å². The molecule has 1 rings (SSSR count). The Kier molecular flexibility index (Phi) is 4.94. The zero-order valence-electron chi connectivity index (χ0n) is 11.0. The minimum absolute atomic E-state index is 0.0117. The molecule has 0 spiro atoms. The summed E-state index contributed by atoms with van der Waals surface area (Å²) >= 11 is 5.79. The number of hydrogen-bond donors (Lipinski definition) is 1. The number of carbonyl (C=O) groups excluding carboxylic acids is 1. The number of carbonyl (C=O) groups is 1. The fourth-order valence-electron chi connectivity index (χ4n) is 1.51. The fourth-order valence-corrected chi connectivity index (χ4v) is 3.50. The molecule has 1 heterocycles. The van der Waals surface area contributed by atoms with E-state index in [1.165, 1.54) is 20.4 Å². The maximum atomic E-state index is 12.2. The monoisotopic (exact) mass is 309 g/mol. The maximum Gasteiger partial charge on any atom is 0.324 e. The van der Waals surface area contributed by atoms with E-state index in [2.05, 4.69) is 14.6 Å². The van der Waals surface area contributed by atoms with Gasteiger partial charge in [-0.2, -0.15) is 9.82 Å². The van der Waals surface area contributed by atoms with Gasteiger partial charge >= 0.3 is 5.97 Å². The van der Waals surface area contributed by atoms with Gasteiger partial charge in [0, 0.05) is 7.05 Å². The van der Waals surface area contributed by atoms with Gasteiger partial charge in [0.1, 0.15) is 6.04 Å². The van der Waals surface area contributed by atoms with Gasteiger partial charge in [-0.1, -0.05) is 25.4 Å². The van der Waals surface area contributed by atoms with Gasteiger partial charge in [0.2, 0.25) is 0 Å². The number of nitrogens with zero attached hydrogens (tertiary/aromatic N) is 2. The van der Waals surface area contributed by atoms with Gasteiger partial charge in [-0.05, 0) is 5.92 Å². The Morgan fingerprint density at radius 3 is 2.47 bits per heavy atom. The average Bonchev–Trinajstić information content (AvgIpc) is 2.65. The first-order valence-corrected chi connectivity index (χ1v) is 7.34. The van der Waals surface area contributed by atoms with Crippen LogP contribution in [-0.4, -0.2) is 37.3 Å². The molecule has 1 aromatic heterocycles. The number of esters is 1. The second-order valence-corrected chi connectivity index (χ2v) is 6.32. The predicted molar refractivity (Wildman–Crippen MR) is 69.2 cm³/mol. The summed E-state index contributed by atoms with van der Waals surface area (Å²) in [6, 6.07) is -0.985. The van der Waals surface area contributed by atoms with Crippen LogP contribution < -0.4 is 4.72 Å². The minimum atomic E-state index is -3.96. The Balaban J connectivity index is 3.12. The topological polar surface area (TPSA) is 90.3 Å². The summed E-state index contributed by atoms with van der Waals surface area (Å²) in [6.45, 7) is 3.41. The van der Waals surface area contributed by atoms with Crippen LogP contribution in [0.2, 0.25) is 5.02 Å². The van der Waals surface area contributed by atoms with Crippen LogP contribution in [0.3, 0.4) is 0 Å². The van der Waals surface area contributed by atoms with Crippen molar-refractivity contribution in [2.75, 3.05) is 7.11 Å². The second-order valence-electron chi connectivity index (χ2n) is 4.29. The molecule has 1 atom stereocenters. The molecular formula is C10H16ClN3O4S. The first-order chi connectivity index (χ1) is 8.70. The van der Waals surface area contributed by atoms with E-state index in [4.69, 9.17) is 11.6 Å². The second kappa shape index (κ2) is 5.89. The third-order valence-corrected chi connectivity index (χ3v) is 4.45. The van der Waals surface area contributed by atoms with E-state index in [0.29, 0.717) is 0 Å². The summed E-state index contributed by atoms with van der Waals surface area (Å²) < 4.78 is 32.4. The number of sulfonamides is 1. The first kappa shape index (κ1) is 15.9. The molecule has 1 unspecified atom stereocenters.